The van der Waals surface area contributed by atoms with E-state index in [1.165, 1.54) is 0 Å². The molecule has 0 radical (unpaired) electrons. The van der Waals surface area contributed by atoms with E-state index in [4.69, 9.17) is 4.74 Å². The van der Waals surface area contributed by atoms with E-state index in [2.05, 4.69) is 17.6 Å². The molecule has 1 aromatic carbocycles. The van der Waals surface area contributed by atoms with E-state index in [1.54, 1.807) is 0 Å². The van der Waals surface area contributed by atoms with Crippen molar-refractivity contribution in [2.24, 2.45) is 5.92 Å². The molecule has 1 aromatic rings. The van der Waals surface area contributed by atoms with E-state index in [9.17, 15) is 4.79 Å². The zero-order valence-corrected chi connectivity index (χ0v) is 13.1. The van der Waals surface area contributed by atoms with Gasteiger partial charge in [0.05, 0.1) is 12.5 Å². The van der Waals surface area contributed by atoms with Gasteiger partial charge in [-0.05, 0) is 56.5 Å². The number of amides is 1. The Labute approximate surface area is 127 Å². The zero-order chi connectivity index (χ0) is 15.1. The summed E-state index contributed by atoms with van der Waals surface area (Å²) in [4.78, 5) is 12.2. The Hall–Kier alpha value is -1.55. The van der Waals surface area contributed by atoms with Crippen LogP contribution in [-0.4, -0.2) is 25.6 Å². The lowest BCUT2D eigenvalue weighted by atomic mass is 9.98. The highest BCUT2D eigenvalue weighted by Crippen LogP contribution is 2.23. The van der Waals surface area contributed by atoms with Crippen molar-refractivity contribution in [1.29, 1.82) is 0 Å². The normalized spacial score (nSPS) is 18.3. The first kappa shape index (κ1) is 15.8. The van der Waals surface area contributed by atoms with E-state index in [-0.39, 0.29) is 11.8 Å². The minimum atomic E-state index is 0.0821. The van der Waals surface area contributed by atoms with Crippen molar-refractivity contribution in [3.05, 3.63) is 23.8 Å². The van der Waals surface area contributed by atoms with Gasteiger partial charge >= 0.3 is 0 Å². The summed E-state index contributed by atoms with van der Waals surface area (Å²) < 4.78 is 5.68. The van der Waals surface area contributed by atoms with Gasteiger partial charge in [-0.1, -0.05) is 13.3 Å². The molecular weight excluding hydrogens is 264 g/mol. The van der Waals surface area contributed by atoms with Gasteiger partial charge in [-0.15, -0.1) is 0 Å². The van der Waals surface area contributed by atoms with Crippen molar-refractivity contribution in [2.45, 2.75) is 39.5 Å². The van der Waals surface area contributed by atoms with Crippen molar-refractivity contribution in [2.75, 3.05) is 25.0 Å². The standard InChI is InChI=1S/C17H26N2O2/c1-3-4-10-21-15-7-8-16(13(2)11-15)19-17(20)14-6-5-9-18-12-14/h7-8,11,14,18H,3-6,9-10,12H2,1-2H3,(H,19,20). The molecular formula is C17H26N2O2. The Morgan fingerprint density at radius 3 is 3.00 bits per heavy atom. The minimum absolute atomic E-state index is 0.0821. The average molecular weight is 290 g/mol. The number of aryl methyl sites for hydroxylation is 1. The molecule has 1 atom stereocenters. The van der Waals surface area contributed by atoms with Crippen molar-refractivity contribution in [3.8, 4) is 5.75 Å². The summed E-state index contributed by atoms with van der Waals surface area (Å²) in [5.74, 6) is 1.07. The molecule has 0 bridgehead atoms. The Balaban J connectivity index is 1.92. The zero-order valence-electron chi connectivity index (χ0n) is 13.1. The Morgan fingerprint density at radius 2 is 2.33 bits per heavy atom. The minimum Gasteiger partial charge on any atom is -0.494 e. The van der Waals surface area contributed by atoms with Crippen LogP contribution in [0.1, 0.15) is 38.2 Å². The molecule has 1 aliphatic heterocycles. The van der Waals surface area contributed by atoms with Crippen molar-refractivity contribution in [1.82, 2.24) is 5.32 Å². The summed E-state index contributed by atoms with van der Waals surface area (Å²) in [5.41, 5.74) is 1.93. The van der Waals surface area contributed by atoms with Crippen molar-refractivity contribution < 1.29 is 9.53 Å². The predicted octanol–water partition coefficient (Wildman–Crippen LogP) is 3.11. The van der Waals surface area contributed by atoms with Gasteiger partial charge in [-0.2, -0.15) is 0 Å². The quantitative estimate of drug-likeness (QED) is 0.792. The number of piperidine rings is 1. The summed E-state index contributed by atoms with van der Waals surface area (Å²) >= 11 is 0. The maximum Gasteiger partial charge on any atom is 0.228 e. The van der Waals surface area contributed by atoms with E-state index in [0.29, 0.717) is 0 Å². The molecule has 1 aliphatic rings. The maximum atomic E-state index is 12.2. The SMILES string of the molecule is CCCCOc1ccc(NC(=O)C2CCCNC2)c(C)c1. The van der Waals surface area contributed by atoms with Gasteiger partial charge in [0.2, 0.25) is 5.91 Å². The number of carbonyl (C=O) groups is 1. The molecule has 4 heteroatoms. The second-order valence-electron chi connectivity index (χ2n) is 5.71. The first-order valence-corrected chi connectivity index (χ1v) is 7.95. The van der Waals surface area contributed by atoms with Crippen molar-refractivity contribution in [3.63, 3.8) is 0 Å². The highest BCUT2D eigenvalue weighted by molar-refractivity contribution is 5.93. The number of carbonyl (C=O) groups excluding carboxylic acids is 1. The van der Waals surface area contributed by atoms with Crippen LogP contribution in [0.2, 0.25) is 0 Å². The molecule has 1 amide bonds. The van der Waals surface area contributed by atoms with Gasteiger partial charge < -0.3 is 15.4 Å². The van der Waals surface area contributed by atoms with E-state index in [0.717, 1.165) is 62.4 Å². The average Bonchev–Trinajstić information content (AvgIpc) is 2.51. The summed E-state index contributed by atoms with van der Waals surface area (Å²) in [5, 5.41) is 6.31. The number of anilines is 1. The summed E-state index contributed by atoms with van der Waals surface area (Å²) in [6, 6.07) is 5.85. The fourth-order valence-corrected chi connectivity index (χ4v) is 2.51. The van der Waals surface area contributed by atoms with Crippen LogP contribution in [0.5, 0.6) is 5.75 Å². The monoisotopic (exact) mass is 290 g/mol. The number of hydrogen-bond donors (Lipinski definition) is 2. The van der Waals surface area contributed by atoms with E-state index >= 15 is 0 Å². The second-order valence-corrected chi connectivity index (χ2v) is 5.71. The number of hydrogen-bond acceptors (Lipinski definition) is 3. The first-order chi connectivity index (χ1) is 10.2. The molecule has 1 heterocycles. The number of unbranched alkanes of at least 4 members (excludes halogenated alkanes) is 1. The smallest absolute Gasteiger partial charge is 0.228 e. The Morgan fingerprint density at radius 1 is 1.48 bits per heavy atom. The molecule has 1 unspecified atom stereocenters. The van der Waals surface area contributed by atoms with Gasteiger partial charge in [-0.25, -0.2) is 0 Å². The first-order valence-electron chi connectivity index (χ1n) is 7.95. The van der Waals surface area contributed by atoms with Crippen LogP contribution in [0, 0.1) is 12.8 Å². The topological polar surface area (TPSA) is 50.4 Å². The lowest BCUT2D eigenvalue weighted by molar-refractivity contribution is -0.120. The maximum absolute atomic E-state index is 12.2. The summed E-state index contributed by atoms with van der Waals surface area (Å²) in [7, 11) is 0. The van der Waals surface area contributed by atoms with Crippen LogP contribution in [-0.2, 0) is 4.79 Å². The van der Waals surface area contributed by atoms with Crippen LogP contribution in [0.3, 0.4) is 0 Å². The molecule has 0 aromatic heterocycles. The molecule has 21 heavy (non-hydrogen) atoms. The predicted molar refractivity (Wildman–Crippen MR) is 85.8 cm³/mol. The number of ether oxygens (including phenoxy) is 1. The van der Waals surface area contributed by atoms with E-state index < -0.39 is 0 Å². The fourth-order valence-electron chi connectivity index (χ4n) is 2.51. The molecule has 0 aliphatic carbocycles. The molecule has 4 nitrogen and oxygen atoms in total. The van der Waals surface area contributed by atoms with Crippen molar-refractivity contribution >= 4 is 11.6 Å². The summed E-state index contributed by atoms with van der Waals surface area (Å²) in [6.07, 6.45) is 4.23. The van der Waals surface area contributed by atoms with Crippen LogP contribution in [0.15, 0.2) is 18.2 Å². The molecule has 0 saturated carbocycles. The molecule has 2 N–H and O–H groups in total. The number of benzene rings is 1. The van der Waals surface area contributed by atoms with Crippen LogP contribution in [0.4, 0.5) is 5.69 Å². The van der Waals surface area contributed by atoms with Gasteiger partial charge in [0.1, 0.15) is 5.75 Å². The molecule has 2 rings (SSSR count). The molecule has 0 spiro atoms. The molecule has 1 fully saturated rings. The Kier molecular flexibility index (Phi) is 6.05. The van der Waals surface area contributed by atoms with Gasteiger partial charge in [-0.3, -0.25) is 4.79 Å². The molecule has 1 saturated heterocycles. The third kappa shape index (κ3) is 4.74. The van der Waals surface area contributed by atoms with Gasteiger partial charge in [0, 0.05) is 12.2 Å². The number of nitrogens with one attached hydrogen (secondary N) is 2. The van der Waals surface area contributed by atoms with E-state index in [1.807, 2.05) is 25.1 Å². The van der Waals surface area contributed by atoms with Gasteiger partial charge in [0.15, 0.2) is 0 Å². The largest absolute Gasteiger partial charge is 0.494 e. The van der Waals surface area contributed by atoms with Crippen LogP contribution >= 0.6 is 0 Å². The third-order valence-corrected chi connectivity index (χ3v) is 3.89. The molecule has 116 valence electrons. The highest BCUT2D eigenvalue weighted by atomic mass is 16.5. The Bertz CT molecular complexity index is 468. The third-order valence-electron chi connectivity index (χ3n) is 3.89. The lowest BCUT2D eigenvalue weighted by Crippen LogP contribution is -2.37. The number of rotatable bonds is 6. The lowest BCUT2D eigenvalue weighted by Gasteiger charge is -2.22. The fraction of sp³-hybridized carbons (Fsp3) is 0.588. The highest BCUT2D eigenvalue weighted by Gasteiger charge is 2.21. The van der Waals surface area contributed by atoms with Crippen LogP contribution in [0.25, 0.3) is 0 Å². The van der Waals surface area contributed by atoms with Crippen LogP contribution < -0.4 is 15.4 Å². The summed E-state index contributed by atoms with van der Waals surface area (Å²) in [6.45, 7) is 6.69. The van der Waals surface area contributed by atoms with Gasteiger partial charge in [0.25, 0.3) is 0 Å². The second kappa shape index (κ2) is 8.03.